The summed E-state index contributed by atoms with van der Waals surface area (Å²) in [6, 6.07) is 0.675. The Morgan fingerprint density at radius 1 is 1.24 bits per heavy atom. The van der Waals surface area contributed by atoms with Gasteiger partial charge in [0.15, 0.2) is 5.17 Å². The SMILES string of the molecule is CC1(C)CC1NC1=NCC2(CCCCC2)CS1. The molecule has 1 aliphatic heterocycles. The van der Waals surface area contributed by atoms with Crippen molar-refractivity contribution in [3.05, 3.63) is 0 Å². The van der Waals surface area contributed by atoms with Crippen molar-refractivity contribution in [2.45, 2.75) is 58.4 Å². The normalized spacial score (nSPS) is 34.2. The summed E-state index contributed by atoms with van der Waals surface area (Å²) in [7, 11) is 0. The highest BCUT2D eigenvalue weighted by molar-refractivity contribution is 8.13. The predicted octanol–water partition coefficient (Wildman–Crippen LogP) is 3.43. The van der Waals surface area contributed by atoms with E-state index >= 15 is 0 Å². The van der Waals surface area contributed by atoms with Gasteiger partial charge in [0.05, 0.1) is 0 Å². The van der Waals surface area contributed by atoms with Gasteiger partial charge in [-0.3, -0.25) is 4.99 Å². The van der Waals surface area contributed by atoms with Gasteiger partial charge in [0.25, 0.3) is 0 Å². The monoisotopic (exact) mass is 252 g/mol. The van der Waals surface area contributed by atoms with Crippen molar-refractivity contribution < 1.29 is 0 Å². The van der Waals surface area contributed by atoms with E-state index in [0.717, 1.165) is 6.54 Å². The fraction of sp³-hybridized carbons (Fsp3) is 0.929. The molecule has 2 fully saturated rings. The Bertz CT molecular complexity index is 329. The lowest BCUT2D eigenvalue weighted by Gasteiger charge is -2.38. The van der Waals surface area contributed by atoms with E-state index in [1.807, 2.05) is 11.8 Å². The van der Waals surface area contributed by atoms with Crippen LogP contribution >= 0.6 is 11.8 Å². The average molecular weight is 252 g/mol. The molecule has 3 rings (SSSR count). The van der Waals surface area contributed by atoms with Crippen molar-refractivity contribution in [3.63, 3.8) is 0 Å². The van der Waals surface area contributed by atoms with Crippen LogP contribution in [0.25, 0.3) is 0 Å². The highest BCUT2D eigenvalue weighted by atomic mass is 32.2. The predicted molar refractivity (Wildman–Crippen MR) is 75.6 cm³/mol. The van der Waals surface area contributed by atoms with E-state index in [-0.39, 0.29) is 0 Å². The lowest BCUT2D eigenvalue weighted by molar-refractivity contribution is 0.232. The Hall–Kier alpha value is -0.180. The third kappa shape index (κ3) is 2.49. The van der Waals surface area contributed by atoms with Crippen LogP contribution in [-0.4, -0.2) is 23.5 Å². The first-order chi connectivity index (χ1) is 8.10. The van der Waals surface area contributed by atoms with Gasteiger partial charge in [-0.05, 0) is 30.1 Å². The molecule has 0 radical (unpaired) electrons. The second kappa shape index (κ2) is 4.18. The molecule has 3 heteroatoms. The summed E-state index contributed by atoms with van der Waals surface area (Å²) in [5.74, 6) is 1.30. The summed E-state index contributed by atoms with van der Waals surface area (Å²) in [4.78, 5) is 4.82. The number of thioether (sulfide) groups is 1. The Labute approximate surface area is 109 Å². The Morgan fingerprint density at radius 3 is 2.47 bits per heavy atom. The van der Waals surface area contributed by atoms with Gasteiger partial charge in [-0.25, -0.2) is 0 Å². The van der Waals surface area contributed by atoms with Crippen LogP contribution in [0.1, 0.15) is 52.4 Å². The third-order valence-electron chi connectivity index (χ3n) is 4.80. The van der Waals surface area contributed by atoms with Crippen LogP contribution in [0.3, 0.4) is 0 Å². The van der Waals surface area contributed by atoms with Crippen molar-refractivity contribution in [1.82, 2.24) is 5.32 Å². The zero-order valence-electron chi connectivity index (χ0n) is 11.1. The fourth-order valence-electron chi connectivity index (χ4n) is 3.11. The first-order valence-electron chi connectivity index (χ1n) is 7.04. The van der Waals surface area contributed by atoms with Gasteiger partial charge in [0.2, 0.25) is 0 Å². The molecule has 2 saturated carbocycles. The number of nitrogens with zero attached hydrogens (tertiary/aromatic N) is 1. The molecule has 0 aromatic heterocycles. The lowest BCUT2D eigenvalue weighted by Crippen LogP contribution is -2.38. The van der Waals surface area contributed by atoms with Crippen molar-refractivity contribution >= 4 is 16.9 Å². The number of amidine groups is 1. The van der Waals surface area contributed by atoms with E-state index in [1.165, 1.54) is 49.4 Å². The zero-order chi connectivity index (χ0) is 11.9. The van der Waals surface area contributed by atoms with Gasteiger partial charge < -0.3 is 5.32 Å². The summed E-state index contributed by atoms with van der Waals surface area (Å²) in [6.45, 7) is 5.75. The van der Waals surface area contributed by atoms with E-state index in [9.17, 15) is 0 Å². The smallest absolute Gasteiger partial charge is 0.156 e. The second-order valence-corrected chi connectivity index (χ2v) is 7.82. The van der Waals surface area contributed by atoms with Crippen molar-refractivity contribution in [1.29, 1.82) is 0 Å². The first kappa shape index (κ1) is 11.9. The zero-order valence-corrected chi connectivity index (χ0v) is 11.9. The van der Waals surface area contributed by atoms with Crippen molar-refractivity contribution in [2.24, 2.45) is 15.8 Å². The molecular weight excluding hydrogens is 228 g/mol. The van der Waals surface area contributed by atoms with Crippen LogP contribution in [0, 0.1) is 10.8 Å². The first-order valence-corrected chi connectivity index (χ1v) is 8.02. The van der Waals surface area contributed by atoms with Crippen LogP contribution < -0.4 is 5.32 Å². The molecule has 0 aromatic rings. The van der Waals surface area contributed by atoms with Crippen LogP contribution in [0.15, 0.2) is 4.99 Å². The maximum absolute atomic E-state index is 4.82. The van der Waals surface area contributed by atoms with E-state index in [1.54, 1.807) is 0 Å². The highest BCUT2D eigenvalue weighted by Crippen LogP contribution is 2.46. The van der Waals surface area contributed by atoms with Crippen LogP contribution in [0.5, 0.6) is 0 Å². The van der Waals surface area contributed by atoms with Gasteiger partial charge in [0.1, 0.15) is 0 Å². The molecule has 0 aromatic carbocycles. The van der Waals surface area contributed by atoms with Crippen molar-refractivity contribution in [3.8, 4) is 0 Å². The van der Waals surface area contributed by atoms with Crippen LogP contribution in [-0.2, 0) is 0 Å². The number of hydrogen-bond donors (Lipinski definition) is 1. The maximum atomic E-state index is 4.82. The molecule has 0 saturated heterocycles. The Morgan fingerprint density at radius 2 is 1.94 bits per heavy atom. The molecule has 3 aliphatic rings. The molecule has 1 spiro atoms. The minimum Gasteiger partial charge on any atom is -0.362 e. The summed E-state index contributed by atoms with van der Waals surface area (Å²) < 4.78 is 0. The molecule has 17 heavy (non-hydrogen) atoms. The van der Waals surface area contributed by atoms with E-state index < -0.39 is 0 Å². The average Bonchev–Trinajstić information content (AvgIpc) is 2.91. The van der Waals surface area contributed by atoms with E-state index in [0.29, 0.717) is 16.9 Å². The largest absolute Gasteiger partial charge is 0.362 e. The standard InChI is InChI=1S/C14H24N2S/c1-13(2)8-11(13)16-12-15-9-14(10-17-12)6-4-3-5-7-14/h11H,3-10H2,1-2H3,(H,15,16). The van der Waals surface area contributed by atoms with Gasteiger partial charge in [-0.15, -0.1) is 0 Å². The molecule has 2 nitrogen and oxygen atoms in total. The quantitative estimate of drug-likeness (QED) is 0.773. The number of aliphatic imine (C=N–C) groups is 1. The maximum Gasteiger partial charge on any atom is 0.156 e. The lowest BCUT2D eigenvalue weighted by atomic mass is 9.75. The summed E-state index contributed by atoms with van der Waals surface area (Å²) in [6.07, 6.45) is 8.41. The van der Waals surface area contributed by atoms with Gasteiger partial charge in [-0.2, -0.15) is 0 Å². The summed E-state index contributed by atoms with van der Waals surface area (Å²) in [5, 5.41) is 4.84. The van der Waals surface area contributed by atoms with Gasteiger partial charge >= 0.3 is 0 Å². The second-order valence-electron chi connectivity index (χ2n) is 6.86. The van der Waals surface area contributed by atoms with Crippen LogP contribution in [0.4, 0.5) is 0 Å². The Balaban J connectivity index is 1.56. The van der Waals surface area contributed by atoms with Gasteiger partial charge in [0, 0.05) is 18.3 Å². The molecule has 1 N–H and O–H groups in total. The minimum absolute atomic E-state index is 0.503. The third-order valence-corrected chi connectivity index (χ3v) is 6.08. The molecular formula is C14H24N2S. The fourth-order valence-corrected chi connectivity index (χ4v) is 4.31. The van der Waals surface area contributed by atoms with Crippen molar-refractivity contribution in [2.75, 3.05) is 12.3 Å². The molecule has 1 heterocycles. The highest BCUT2D eigenvalue weighted by Gasteiger charge is 2.46. The summed E-state index contributed by atoms with van der Waals surface area (Å²) in [5.41, 5.74) is 1.07. The van der Waals surface area contributed by atoms with E-state index in [2.05, 4.69) is 19.2 Å². The molecule has 0 bridgehead atoms. The number of nitrogens with one attached hydrogen (secondary N) is 1. The van der Waals surface area contributed by atoms with Crippen LogP contribution in [0.2, 0.25) is 0 Å². The Kier molecular flexibility index (Phi) is 2.92. The number of hydrogen-bond acceptors (Lipinski definition) is 3. The molecule has 0 amide bonds. The molecule has 1 unspecified atom stereocenters. The minimum atomic E-state index is 0.503. The summed E-state index contributed by atoms with van der Waals surface area (Å²) >= 11 is 1.98. The topological polar surface area (TPSA) is 24.4 Å². The molecule has 1 atom stereocenters. The molecule has 96 valence electrons. The van der Waals surface area contributed by atoms with E-state index in [4.69, 9.17) is 4.99 Å². The van der Waals surface area contributed by atoms with Gasteiger partial charge in [-0.1, -0.05) is 44.9 Å². The number of rotatable bonds is 1. The molecule has 2 aliphatic carbocycles.